The van der Waals surface area contributed by atoms with Crippen LogP contribution < -0.4 is 11.1 Å². The number of nitrogens with two attached hydrogens (primary N) is 1. The Labute approximate surface area is 105 Å². The molecule has 0 unspecified atom stereocenters. The molecule has 0 atom stereocenters. The normalized spacial score (nSPS) is 10.7. The predicted octanol–water partition coefficient (Wildman–Crippen LogP) is 3.20. The van der Waals surface area contributed by atoms with E-state index in [1.165, 1.54) is 5.56 Å². The Balaban J connectivity index is 2.01. The lowest BCUT2D eigenvalue weighted by Crippen LogP contribution is -1.96. The molecule has 0 saturated carbocycles. The van der Waals surface area contributed by atoms with Crippen LogP contribution >= 0.6 is 0 Å². The number of rotatable bonds is 2. The number of fused-ring (bicyclic) bond motifs is 1. The van der Waals surface area contributed by atoms with Gasteiger partial charge in [0.2, 0.25) is 0 Å². The van der Waals surface area contributed by atoms with Crippen molar-refractivity contribution in [2.24, 2.45) is 0 Å². The van der Waals surface area contributed by atoms with Crippen molar-refractivity contribution >= 4 is 28.0 Å². The quantitative estimate of drug-likeness (QED) is 0.600. The molecule has 3 aromatic rings. The van der Waals surface area contributed by atoms with E-state index in [1.54, 1.807) is 6.20 Å². The third-order valence-electron chi connectivity index (χ3n) is 2.91. The first-order valence-corrected chi connectivity index (χ1v) is 5.79. The van der Waals surface area contributed by atoms with E-state index in [0.29, 0.717) is 5.69 Å². The van der Waals surface area contributed by atoms with Gasteiger partial charge in [-0.2, -0.15) is 5.10 Å². The minimum Gasteiger partial charge on any atom is -0.397 e. The maximum Gasteiger partial charge on any atom is 0.0672 e. The number of hydrogen-bond acceptors (Lipinski definition) is 3. The van der Waals surface area contributed by atoms with E-state index in [-0.39, 0.29) is 0 Å². The first-order valence-electron chi connectivity index (χ1n) is 5.79. The first kappa shape index (κ1) is 10.7. The molecule has 0 spiro atoms. The van der Waals surface area contributed by atoms with Crippen LogP contribution in [0.2, 0.25) is 0 Å². The predicted molar refractivity (Wildman–Crippen MR) is 75.0 cm³/mol. The van der Waals surface area contributed by atoms with Gasteiger partial charge in [-0.25, -0.2) is 0 Å². The summed E-state index contributed by atoms with van der Waals surface area (Å²) in [6, 6.07) is 12.1. The van der Waals surface area contributed by atoms with Crippen molar-refractivity contribution in [1.29, 1.82) is 0 Å². The fourth-order valence-electron chi connectivity index (χ4n) is 2.00. The van der Waals surface area contributed by atoms with Gasteiger partial charge in [0.25, 0.3) is 0 Å². The Hall–Kier alpha value is -2.49. The SMILES string of the molecule is Cc1cccc(Nc2cc3[nH]ncc3cc2N)c1. The second-order valence-electron chi connectivity index (χ2n) is 4.39. The molecule has 0 saturated heterocycles. The highest BCUT2D eigenvalue weighted by Gasteiger charge is 2.04. The molecular formula is C14H14N4. The molecule has 3 rings (SSSR count). The molecule has 0 fully saturated rings. The van der Waals surface area contributed by atoms with E-state index >= 15 is 0 Å². The summed E-state index contributed by atoms with van der Waals surface area (Å²) < 4.78 is 0. The maximum atomic E-state index is 6.03. The van der Waals surface area contributed by atoms with Crippen LogP contribution in [0.3, 0.4) is 0 Å². The largest absolute Gasteiger partial charge is 0.397 e. The monoisotopic (exact) mass is 238 g/mol. The minimum atomic E-state index is 0.713. The van der Waals surface area contributed by atoms with E-state index in [4.69, 9.17) is 5.73 Å². The molecule has 0 aliphatic heterocycles. The summed E-state index contributed by atoms with van der Waals surface area (Å²) in [4.78, 5) is 0. The number of aromatic nitrogens is 2. The van der Waals surface area contributed by atoms with Crippen LogP contribution in [0.15, 0.2) is 42.6 Å². The van der Waals surface area contributed by atoms with Gasteiger partial charge in [0, 0.05) is 11.1 Å². The molecular weight excluding hydrogens is 224 g/mol. The lowest BCUT2D eigenvalue weighted by molar-refractivity contribution is 1.12. The topological polar surface area (TPSA) is 66.7 Å². The van der Waals surface area contributed by atoms with Crippen LogP contribution in [0.25, 0.3) is 10.9 Å². The van der Waals surface area contributed by atoms with Crippen LogP contribution in [-0.4, -0.2) is 10.2 Å². The number of H-pyrrole nitrogens is 1. The molecule has 4 N–H and O–H groups in total. The van der Waals surface area contributed by atoms with Crippen LogP contribution in [0.1, 0.15) is 5.56 Å². The summed E-state index contributed by atoms with van der Waals surface area (Å²) in [5, 5.41) is 11.3. The van der Waals surface area contributed by atoms with Crippen LogP contribution in [0.5, 0.6) is 0 Å². The highest BCUT2D eigenvalue weighted by molar-refractivity contribution is 5.89. The number of nitrogens with zero attached hydrogens (tertiary/aromatic N) is 1. The fraction of sp³-hybridized carbons (Fsp3) is 0.0714. The molecule has 18 heavy (non-hydrogen) atoms. The zero-order valence-electron chi connectivity index (χ0n) is 10.1. The summed E-state index contributed by atoms with van der Waals surface area (Å²) in [5.74, 6) is 0. The Bertz CT molecular complexity index is 700. The van der Waals surface area contributed by atoms with Crippen molar-refractivity contribution in [3.8, 4) is 0 Å². The fourth-order valence-corrected chi connectivity index (χ4v) is 2.00. The number of hydrogen-bond donors (Lipinski definition) is 3. The van der Waals surface area contributed by atoms with Gasteiger partial charge in [-0.05, 0) is 36.8 Å². The Morgan fingerprint density at radius 1 is 1.22 bits per heavy atom. The van der Waals surface area contributed by atoms with Crippen molar-refractivity contribution in [2.75, 3.05) is 11.1 Å². The van der Waals surface area contributed by atoms with E-state index in [1.807, 2.05) is 24.3 Å². The molecule has 2 aromatic carbocycles. The van der Waals surface area contributed by atoms with E-state index < -0.39 is 0 Å². The standard InChI is InChI=1S/C14H14N4/c1-9-3-2-4-11(5-9)17-14-7-13-10(6-12(14)15)8-16-18-13/h2-8,17H,15H2,1H3,(H,16,18). The molecule has 4 heteroatoms. The number of aromatic amines is 1. The van der Waals surface area contributed by atoms with Gasteiger partial charge in [0.15, 0.2) is 0 Å². The molecule has 1 aromatic heterocycles. The van der Waals surface area contributed by atoms with Crippen molar-refractivity contribution in [2.45, 2.75) is 6.92 Å². The molecule has 0 aliphatic carbocycles. The average Bonchev–Trinajstić information content (AvgIpc) is 2.76. The molecule has 1 heterocycles. The van der Waals surface area contributed by atoms with Gasteiger partial charge in [-0.1, -0.05) is 12.1 Å². The summed E-state index contributed by atoms with van der Waals surface area (Å²) in [5.41, 5.74) is 10.8. The van der Waals surface area contributed by atoms with Gasteiger partial charge in [0.05, 0.1) is 23.1 Å². The lowest BCUT2D eigenvalue weighted by atomic mass is 10.2. The van der Waals surface area contributed by atoms with Gasteiger partial charge >= 0.3 is 0 Å². The molecule has 4 nitrogen and oxygen atoms in total. The van der Waals surface area contributed by atoms with Crippen molar-refractivity contribution in [3.63, 3.8) is 0 Å². The number of nitrogen functional groups attached to an aromatic ring is 1. The highest BCUT2D eigenvalue weighted by Crippen LogP contribution is 2.27. The van der Waals surface area contributed by atoms with Gasteiger partial charge in [-0.3, -0.25) is 5.10 Å². The molecule has 0 bridgehead atoms. The van der Waals surface area contributed by atoms with E-state index in [0.717, 1.165) is 22.3 Å². The second-order valence-corrected chi connectivity index (χ2v) is 4.39. The first-order chi connectivity index (χ1) is 8.72. The van der Waals surface area contributed by atoms with Gasteiger partial charge in [0.1, 0.15) is 0 Å². The minimum absolute atomic E-state index is 0.713. The van der Waals surface area contributed by atoms with E-state index in [9.17, 15) is 0 Å². The van der Waals surface area contributed by atoms with Crippen molar-refractivity contribution in [3.05, 3.63) is 48.2 Å². The Morgan fingerprint density at radius 2 is 2.11 bits per heavy atom. The van der Waals surface area contributed by atoms with Crippen LogP contribution in [0, 0.1) is 6.92 Å². The summed E-state index contributed by atoms with van der Waals surface area (Å²) in [6.45, 7) is 2.06. The zero-order chi connectivity index (χ0) is 12.5. The summed E-state index contributed by atoms with van der Waals surface area (Å²) >= 11 is 0. The molecule has 0 aliphatic rings. The number of benzene rings is 2. The Kier molecular flexibility index (Phi) is 2.41. The van der Waals surface area contributed by atoms with E-state index in [2.05, 4.69) is 34.6 Å². The third-order valence-corrected chi connectivity index (χ3v) is 2.91. The smallest absolute Gasteiger partial charge is 0.0672 e. The number of nitrogens with one attached hydrogen (secondary N) is 2. The summed E-state index contributed by atoms with van der Waals surface area (Å²) in [7, 11) is 0. The lowest BCUT2D eigenvalue weighted by Gasteiger charge is -2.10. The molecule has 90 valence electrons. The van der Waals surface area contributed by atoms with Crippen LogP contribution in [0.4, 0.5) is 17.1 Å². The number of anilines is 3. The van der Waals surface area contributed by atoms with Crippen molar-refractivity contribution in [1.82, 2.24) is 10.2 Å². The zero-order valence-corrected chi connectivity index (χ0v) is 10.1. The second kappa shape index (κ2) is 4.07. The maximum absolute atomic E-state index is 6.03. The van der Waals surface area contributed by atoms with Crippen LogP contribution in [-0.2, 0) is 0 Å². The summed E-state index contributed by atoms with van der Waals surface area (Å²) in [6.07, 6.45) is 1.77. The number of aryl methyl sites for hydroxylation is 1. The average molecular weight is 238 g/mol. The molecule has 0 radical (unpaired) electrons. The van der Waals surface area contributed by atoms with Gasteiger partial charge < -0.3 is 11.1 Å². The Morgan fingerprint density at radius 3 is 2.94 bits per heavy atom. The highest BCUT2D eigenvalue weighted by atomic mass is 15.1. The van der Waals surface area contributed by atoms with Gasteiger partial charge in [-0.15, -0.1) is 0 Å². The third kappa shape index (κ3) is 1.88. The molecule has 0 amide bonds. The van der Waals surface area contributed by atoms with Crippen molar-refractivity contribution < 1.29 is 0 Å².